The van der Waals surface area contributed by atoms with Gasteiger partial charge in [-0.05, 0) is 32.4 Å². The molecule has 1 aromatic heterocycles. The van der Waals surface area contributed by atoms with Crippen molar-refractivity contribution in [3.05, 3.63) is 83.4 Å². The van der Waals surface area contributed by atoms with Crippen LogP contribution in [0.25, 0.3) is 0 Å². The zero-order valence-corrected chi connectivity index (χ0v) is 16.0. The summed E-state index contributed by atoms with van der Waals surface area (Å²) in [6.07, 6.45) is 0. The molecule has 0 bridgehead atoms. The van der Waals surface area contributed by atoms with E-state index in [1.54, 1.807) is 12.1 Å². The van der Waals surface area contributed by atoms with E-state index in [9.17, 15) is 4.39 Å². The summed E-state index contributed by atoms with van der Waals surface area (Å²) in [6, 6.07) is 19.3. The van der Waals surface area contributed by atoms with Crippen LogP contribution in [0, 0.1) is 12.7 Å². The Morgan fingerprint density at radius 1 is 1.00 bits per heavy atom. The molecule has 3 aromatic rings. The molecule has 0 aliphatic carbocycles. The third-order valence-electron chi connectivity index (χ3n) is 4.36. The lowest BCUT2D eigenvalue weighted by molar-refractivity contribution is 0.613. The van der Waals surface area contributed by atoms with Crippen LogP contribution in [0.4, 0.5) is 16.0 Å². The molecular formula is C22H25FN4. The maximum absolute atomic E-state index is 13.8. The van der Waals surface area contributed by atoms with Crippen LogP contribution in [-0.2, 0) is 13.1 Å². The third kappa shape index (κ3) is 5.03. The van der Waals surface area contributed by atoms with Gasteiger partial charge in [-0.2, -0.15) is 0 Å². The summed E-state index contributed by atoms with van der Waals surface area (Å²) in [7, 11) is 0. The van der Waals surface area contributed by atoms with Crippen LogP contribution < -0.4 is 10.2 Å². The van der Waals surface area contributed by atoms with E-state index in [1.807, 2.05) is 37.3 Å². The lowest BCUT2D eigenvalue weighted by Crippen LogP contribution is -2.31. The van der Waals surface area contributed by atoms with Crippen LogP contribution in [0.15, 0.2) is 60.7 Å². The topological polar surface area (TPSA) is 41.1 Å². The van der Waals surface area contributed by atoms with Gasteiger partial charge in [0.15, 0.2) is 0 Å². The van der Waals surface area contributed by atoms with Crippen molar-refractivity contribution < 1.29 is 4.39 Å². The van der Waals surface area contributed by atoms with E-state index >= 15 is 0 Å². The first kappa shape index (κ1) is 18.8. The molecule has 0 saturated carbocycles. The number of halogens is 1. The highest BCUT2D eigenvalue weighted by Gasteiger charge is 2.15. The smallest absolute Gasteiger partial charge is 0.134 e. The Morgan fingerprint density at radius 3 is 2.41 bits per heavy atom. The number of nitrogens with zero attached hydrogens (tertiary/aromatic N) is 3. The maximum Gasteiger partial charge on any atom is 0.134 e. The number of hydrogen-bond acceptors (Lipinski definition) is 4. The summed E-state index contributed by atoms with van der Waals surface area (Å²) >= 11 is 0. The monoisotopic (exact) mass is 364 g/mol. The molecule has 0 spiro atoms. The molecule has 140 valence electrons. The maximum atomic E-state index is 13.8. The van der Waals surface area contributed by atoms with E-state index in [0.29, 0.717) is 23.8 Å². The van der Waals surface area contributed by atoms with Crippen LogP contribution in [-0.4, -0.2) is 16.0 Å². The SMILES string of the molecule is Cc1nc(NCc2ccccc2F)cc(N(Cc2ccccc2)C(C)C)n1. The first-order valence-corrected chi connectivity index (χ1v) is 9.16. The summed E-state index contributed by atoms with van der Waals surface area (Å²) in [6.45, 7) is 7.31. The van der Waals surface area contributed by atoms with Gasteiger partial charge in [0, 0.05) is 30.8 Å². The molecule has 2 aromatic carbocycles. The highest BCUT2D eigenvalue weighted by Crippen LogP contribution is 2.21. The number of benzene rings is 2. The number of aryl methyl sites for hydroxylation is 1. The van der Waals surface area contributed by atoms with Crippen LogP contribution in [0.1, 0.15) is 30.8 Å². The number of nitrogens with one attached hydrogen (secondary N) is 1. The first-order chi connectivity index (χ1) is 13.0. The van der Waals surface area contributed by atoms with Crippen molar-refractivity contribution in [2.75, 3.05) is 10.2 Å². The molecule has 3 rings (SSSR count). The molecule has 0 saturated heterocycles. The molecule has 27 heavy (non-hydrogen) atoms. The molecule has 1 N–H and O–H groups in total. The minimum absolute atomic E-state index is 0.219. The zero-order chi connectivity index (χ0) is 19.2. The summed E-state index contributed by atoms with van der Waals surface area (Å²) < 4.78 is 13.8. The third-order valence-corrected chi connectivity index (χ3v) is 4.36. The molecule has 0 atom stereocenters. The van der Waals surface area contributed by atoms with Gasteiger partial charge < -0.3 is 10.2 Å². The van der Waals surface area contributed by atoms with Crippen molar-refractivity contribution in [1.82, 2.24) is 9.97 Å². The minimum atomic E-state index is -0.219. The van der Waals surface area contributed by atoms with Crippen molar-refractivity contribution in [2.24, 2.45) is 0 Å². The highest BCUT2D eigenvalue weighted by molar-refractivity contribution is 5.50. The molecule has 5 heteroatoms. The van der Waals surface area contributed by atoms with Gasteiger partial charge in [-0.25, -0.2) is 14.4 Å². The molecule has 0 fully saturated rings. The van der Waals surface area contributed by atoms with Crippen molar-refractivity contribution in [1.29, 1.82) is 0 Å². The van der Waals surface area contributed by atoms with Crippen molar-refractivity contribution in [2.45, 2.75) is 39.9 Å². The van der Waals surface area contributed by atoms with Crippen LogP contribution in [0.3, 0.4) is 0 Å². The Balaban J connectivity index is 1.81. The quantitative estimate of drug-likeness (QED) is 0.644. The predicted molar refractivity (Wildman–Crippen MR) is 108 cm³/mol. The number of anilines is 2. The summed E-state index contributed by atoms with van der Waals surface area (Å²) in [5, 5.41) is 3.22. The molecule has 0 aliphatic heterocycles. The second-order valence-electron chi connectivity index (χ2n) is 6.81. The predicted octanol–water partition coefficient (Wildman–Crippen LogP) is 4.95. The molecular weight excluding hydrogens is 339 g/mol. The molecule has 0 radical (unpaired) electrons. The standard InChI is InChI=1S/C22H25FN4/c1-16(2)27(15-18-9-5-4-6-10-18)22-13-21(25-17(3)26-22)24-14-19-11-7-8-12-20(19)23/h4-13,16H,14-15H2,1-3H3,(H,24,25,26). The van der Waals surface area contributed by atoms with E-state index < -0.39 is 0 Å². The zero-order valence-electron chi connectivity index (χ0n) is 16.0. The molecule has 0 aliphatic rings. The fourth-order valence-electron chi connectivity index (χ4n) is 2.93. The second kappa shape index (κ2) is 8.62. The van der Waals surface area contributed by atoms with E-state index in [-0.39, 0.29) is 11.9 Å². The van der Waals surface area contributed by atoms with Crippen LogP contribution >= 0.6 is 0 Å². The van der Waals surface area contributed by atoms with Crippen molar-refractivity contribution in [3.8, 4) is 0 Å². The fourth-order valence-corrected chi connectivity index (χ4v) is 2.93. The van der Waals surface area contributed by atoms with E-state index in [2.05, 4.69) is 46.2 Å². The second-order valence-corrected chi connectivity index (χ2v) is 6.81. The van der Waals surface area contributed by atoms with Gasteiger partial charge in [-0.15, -0.1) is 0 Å². The molecule has 1 heterocycles. The van der Waals surface area contributed by atoms with E-state index in [0.717, 1.165) is 12.4 Å². The highest BCUT2D eigenvalue weighted by atomic mass is 19.1. The number of rotatable bonds is 7. The average Bonchev–Trinajstić information content (AvgIpc) is 2.65. The Kier molecular flexibility index (Phi) is 6.01. The van der Waals surface area contributed by atoms with Crippen LogP contribution in [0.2, 0.25) is 0 Å². The summed E-state index contributed by atoms with van der Waals surface area (Å²) in [5.74, 6) is 2.02. The van der Waals surface area contributed by atoms with Crippen molar-refractivity contribution in [3.63, 3.8) is 0 Å². The van der Waals surface area contributed by atoms with Gasteiger partial charge in [0.2, 0.25) is 0 Å². The fraction of sp³-hybridized carbons (Fsp3) is 0.273. The largest absolute Gasteiger partial charge is 0.366 e. The van der Waals surface area contributed by atoms with Gasteiger partial charge in [0.05, 0.1) is 0 Å². The van der Waals surface area contributed by atoms with Gasteiger partial charge in [0.25, 0.3) is 0 Å². The first-order valence-electron chi connectivity index (χ1n) is 9.16. The lowest BCUT2D eigenvalue weighted by atomic mass is 10.2. The normalized spacial score (nSPS) is 10.9. The Labute approximate surface area is 160 Å². The van der Waals surface area contributed by atoms with E-state index in [1.165, 1.54) is 11.6 Å². The Morgan fingerprint density at radius 2 is 1.70 bits per heavy atom. The molecule has 4 nitrogen and oxygen atoms in total. The van der Waals surface area contributed by atoms with Crippen molar-refractivity contribution >= 4 is 11.6 Å². The summed E-state index contributed by atoms with van der Waals surface area (Å²) in [4.78, 5) is 11.3. The van der Waals surface area contributed by atoms with Gasteiger partial charge in [-0.1, -0.05) is 48.5 Å². The Bertz CT molecular complexity index is 880. The number of aromatic nitrogens is 2. The molecule has 0 unspecified atom stereocenters. The summed E-state index contributed by atoms with van der Waals surface area (Å²) in [5.41, 5.74) is 1.84. The van der Waals surface area contributed by atoms with Gasteiger partial charge in [0.1, 0.15) is 23.3 Å². The number of hydrogen-bond donors (Lipinski definition) is 1. The van der Waals surface area contributed by atoms with Gasteiger partial charge in [-0.3, -0.25) is 0 Å². The van der Waals surface area contributed by atoms with E-state index in [4.69, 9.17) is 0 Å². The Hall–Kier alpha value is -2.95. The van der Waals surface area contributed by atoms with Gasteiger partial charge >= 0.3 is 0 Å². The minimum Gasteiger partial charge on any atom is -0.366 e. The lowest BCUT2D eigenvalue weighted by Gasteiger charge is -2.28. The molecule has 0 amide bonds. The van der Waals surface area contributed by atoms with Crippen LogP contribution in [0.5, 0.6) is 0 Å². The average molecular weight is 364 g/mol.